The molecule has 1 N–H and O–H groups in total. The highest BCUT2D eigenvalue weighted by Gasteiger charge is 2.34. The average molecular weight is 392 g/mol. The Morgan fingerprint density at radius 1 is 1.34 bits per heavy atom. The number of anilines is 1. The maximum absolute atomic E-state index is 12.7. The summed E-state index contributed by atoms with van der Waals surface area (Å²) in [5.41, 5.74) is 1.52. The van der Waals surface area contributed by atoms with E-state index < -0.39 is 5.92 Å². The van der Waals surface area contributed by atoms with Crippen LogP contribution in [0.15, 0.2) is 59.6 Å². The van der Waals surface area contributed by atoms with Crippen LogP contribution in [0.5, 0.6) is 11.6 Å². The number of aromatic nitrogens is 2. The first-order chi connectivity index (χ1) is 14.1. The molecule has 2 aromatic heterocycles. The van der Waals surface area contributed by atoms with Gasteiger partial charge in [0.1, 0.15) is 11.5 Å². The first-order valence-electron chi connectivity index (χ1n) is 9.24. The molecular weight excluding hydrogens is 372 g/mol. The van der Waals surface area contributed by atoms with Crippen molar-refractivity contribution in [2.24, 2.45) is 5.92 Å². The van der Waals surface area contributed by atoms with Crippen LogP contribution in [-0.2, 0) is 16.1 Å². The Balaban J connectivity index is 1.37. The predicted octanol–water partition coefficient (Wildman–Crippen LogP) is 3.16. The standard InChI is InChI=1S/C21H20N4O4/c1-14-9-16(29-19-11-22-6-7-23-19)4-5-18(14)24-21(27)15-10-20(26)25(12-15)13-17-3-2-8-28-17/h2-9,11,15H,10,12-13H2,1H3,(H,24,27)/t15-/m1/s1. The molecule has 148 valence electrons. The molecule has 0 unspecified atom stereocenters. The zero-order valence-electron chi connectivity index (χ0n) is 15.9. The molecule has 4 rings (SSSR count). The van der Waals surface area contributed by atoms with E-state index in [0.717, 1.165) is 5.56 Å². The fourth-order valence-electron chi connectivity index (χ4n) is 3.22. The molecule has 1 aromatic carbocycles. The summed E-state index contributed by atoms with van der Waals surface area (Å²) in [6.45, 7) is 2.63. The molecule has 0 radical (unpaired) electrons. The number of nitrogens with one attached hydrogen (secondary N) is 1. The van der Waals surface area contributed by atoms with Gasteiger partial charge in [-0.15, -0.1) is 0 Å². The molecule has 1 atom stereocenters. The molecule has 0 bridgehead atoms. The lowest BCUT2D eigenvalue weighted by Crippen LogP contribution is -2.28. The van der Waals surface area contributed by atoms with Crippen molar-refractivity contribution in [3.63, 3.8) is 0 Å². The third-order valence-electron chi connectivity index (χ3n) is 4.73. The predicted molar refractivity (Wildman–Crippen MR) is 104 cm³/mol. The second-order valence-corrected chi connectivity index (χ2v) is 6.87. The van der Waals surface area contributed by atoms with Crippen molar-refractivity contribution in [2.45, 2.75) is 19.9 Å². The second kappa shape index (κ2) is 8.14. The molecule has 3 heterocycles. The van der Waals surface area contributed by atoms with Gasteiger partial charge in [0, 0.05) is 31.0 Å². The van der Waals surface area contributed by atoms with Crippen LogP contribution in [0.25, 0.3) is 0 Å². The van der Waals surface area contributed by atoms with Crippen LogP contribution in [-0.4, -0.2) is 33.2 Å². The molecule has 2 amide bonds. The number of carbonyl (C=O) groups excluding carboxylic acids is 2. The fraction of sp³-hybridized carbons (Fsp3) is 0.238. The molecule has 1 aliphatic rings. The van der Waals surface area contributed by atoms with Crippen LogP contribution >= 0.6 is 0 Å². The summed E-state index contributed by atoms with van der Waals surface area (Å²) in [5, 5.41) is 2.92. The number of ether oxygens (including phenoxy) is 1. The Hall–Kier alpha value is -3.68. The number of carbonyl (C=O) groups is 2. The van der Waals surface area contributed by atoms with Gasteiger partial charge >= 0.3 is 0 Å². The summed E-state index contributed by atoms with van der Waals surface area (Å²) >= 11 is 0. The zero-order chi connectivity index (χ0) is 20.2. The summed E-state index contributed by atoms with van der Waals surface area (Å²) in [5.74, 6) is 1.07. The number of nitrogens with zero attached hydrogens (tertiary/aromatic N) is 3. The largest absolute Gasteiger partial charge is 0.467 e. The smallest absolute Gasteiger partial charge is 0.237 e. The van der Waals surface area contributed by atoms with Crippen LogP contribution in [0.1, 0.15) is 17.7 Å². The van der Waals surface area contributed by atoms with Crippen LogP contribution in [0.4, 0.5) is 5.69 Å². The highest BCUT2D eigenvalue weighted by atomic mass is 16.5. The van der Waals surface area contributed by atoms with Gasteiger partial charge in [0.25, 0.3) is 0 Å². The highest BCUT2D eigenvalue weighted by molar-refractivity contribution is 5.97. The van der Waals surface area contributed by atoms with Gasteiger partial charge in [-0.3, -0.25) is 14.6 Å². The Morgan fingerprint density at radius 3 is 2.97 bits per heavy atom. The normalized spacial score (nSPS) is 16.1. The molecule has 0 aliphatic carbocycles. The average Bonchev–Trinajstić information content (AvgIpc) is 3.35. The minimum atomic E-state index is -0.396. The molecule has 0 spiro atoms. The summed E-state index contributed by atoms with van der Waals surface area (Å²) in [6.07, 6.45) is 6.41. The van der Waals surface area contributed by atoms with Gasteiger partial charge in [-0.25, -0.2) is 4.98 Å². The first kappa shape index (κ1) is 18.7. The minimum absolute atomic E-state index is 0.0500. The monoisotopic (exact) mass is 392 g/mol. The quantitative estimate of drug-likeness (QED) is 0.692. The van der Waals surface area contributed by atoms with Gasteiger partial charge in [-0.05, 0) is 42.8 Å². The van der Waals surface area contributed by atoms with E-state index in [4.69, 9.17) is 9.15 Å². The molecule has 1 aliphatic heterocycles. The van der Waals surface area contributed by atoms with E-state index in [1.54, 1.807) is 41.8 Å². The van der Waals surface area contributed by atoms with Gasteiger partial charge in [-0.1, -0.05) is 0 Å². The Kier molecular flexibility index (Phi) is 5.24. The van der Waals surface area contributed by atoms with E-state index >= 15 is 0 Å². The van der Waals surface area contributed by atoms with Crippen LogP contribution in [0, 0.1) is 12.8 Å². The number of benzene rings is 1. The molecular formula is C21H20N4O4. The lowest BCUT2D eigenvalue weighted by Gasteiger charge is -2.16. The van der Waals surface area contributed by atoms with Crippen LogP contribution in [0.2, 0.25) is 0 Å². The Labute approximate surface area is 167 Å². The number of amides is 2. The Bertz CT molecular complexity index is 1000. The maximum atomic E-state index is 12.7. The number of furan rings is 1. The second-order valence-electron chi connectivity index (χ2n) is 6.87. The number of rotatable bonds is 6. The summed E-state index contributed by atoms with van der Waals surface area (Å²) < 4.78 is 10.9. The molecule has 8 nitrogen and oxygen atoms in total. The summed E-state index contributed by atoms with van der Waals surface area (Å²) in [7, 11) is 0. The lowest BCUT2D eigenvalue weighted by molar-refractivity contribution is -0.128. The molecule has 29 heavy (non-hydrogen) atoms. The van der Waals surface area contributed by atoms with Gasteiger partial charge in [0.15, 0.2) is 0 Å². The van der Waals surface area contributed by atoms with Crippen molar-refractivity contribution >= 4 is 17.5 Å². The van der Waals surface area contributed by atoms with Crippen molar-refractivity contribution in [3.05, 3.63) is 66.5 Å². The third-order valence-corrected chi connectivity index (χ3v) is 4.73. The highest BCUT2D eigenvalue weighted by Crippen LogP contribution is 2.27. The molecule has 8 heteroatoms. The first-order valence-corrected chi connectivity index (χ1v) is 9.24. The van der Waals surface area contributed by atoms with Gasteiger partial charge in [0.2, 0.25) is 17.7 Å². The molecule has 1 fully saturated rings. The van der Waals surface area contributed by atoms with Crippen LogP contribution < -0.4 is 10.1 Å². The molecule has 3 aromatic rings. The SMILES string of the molecule is Cc1cc(Oc2cnccn2)ccc1NC(=O)[C@@H]1CC(=O)N(Cc2ccco2)C1. The number of hydrogen-bond donors (Lipinski definition) is 1. The van der Waals surface area contributed by atoms with Crippen molar-refractivity contribution in [2.75, 3.05) is 11.9 Å². The van der Waals surface area contributed by atoms with E-state index in [9.17, 15) is 9.59 Å². The zero-order valence-corrected chi connectivity index (χ0v) is 15.9. The van der Waals surface area contributed by atoms with Gasteiger partial charge in [-0.2, -0.15) is 0 Å². The molecule has 1 saturated heterocycles. The van der Waals surface area contributed by atoms with Crippen molar-refractivity contribution in [1.82, 2.24) is 14.9 Å². The van der Waals surface area contributed by atoms with Crippen molar-refractivity contribution < 1.29 is 18.7 Å². The molecule has 0 saturated carbocycles. The van der Waals surface area contributed by atoms with Crippen molar-refractivity contribution in [1.29, 1.82) is 0 Å². The van der Waals surface area contributed by atoms with E-state index in [-0.39, 0.29) is 18.2 Å². The third kappa shape index (κ3) is 4.43. The van der Waals surface area contributed by atoms with E-state index in [1.807, 2.05) is 19.1 Å². The number of hydrogen-bond acceptors (Lipinski definition) is 6. The van der Waals surface area contributed by atoms with Gasteiger partial charge < -0.3 is 19.4 Å². The number of likely N-dealkylation sites (tertiary alicyclic amines) is 1. The van der Waals surface area contributed by atoms with E-state index in [0.29, 0.717) is 36.2 Å². The number of aryl methyl sites for hydroxylation is 1. The summed E-state index contributed by atoms with van der Waals surface area (Å²) in [4.78, 5) is 34.6. The van der Waals surface area contributed by atoms with E-state index in [2.05, 4.69) is 15.3 Å². The summed E-state index contributed by atoms with van der Waals surface area (Å²) in [6, 6.07) is 8.93. The Morgan fingerprint density at radius 2 is 2.24 bits per heavy atom. The minimum Gasteiger partial charge on any atom is -0.467 e. The van der Waals surface area contributed by atoms with Crippen LogP contribution in [0.3, 0.4) is 0 Å². The lowest BCUT2D eigenvalue weighted by atomic mass is 10.1. The van der Waals surface area contributed by atoms with Crippen molar-refractivity contribution in [3.8, 4) is 11.6 Å². The van der Waals surface area contributed by atoms with E-state index in [1.165, 1.54) is 6.20 Å². The fourth-order valence-corrected chi connectivity index (χ4v) is 3.22. The van der Waals surface area contributed by atoms with Gasteiger partial charge in [0.05, 0.1) is 24.9 Å². The topological polar surface area (TPSA) is 97.6 Å². The maximum Gasteiger partial charge on any atom is 0.237 e.